The third-order valence-electron chi connectivity index (χ3n) is 7.37. The number of hydrogen-bond donors (Lipinski definition) is 0. The van der Waals surface area contributed by atoms with E-state index in [1.54, 1.807) is 0 Å². The van der Waals surface area contributed by atoms with Gasteiger partial charge >= 0.3 is 5.97 Å². The van der Waals surface area contributed by atoms with Gasteiger partial charge in [-0.05, 0) is 94.8 Å². The van der Waals surface area contributed by atoms with Crippen LogP contribution in [-0.4, -0.2) is 31.6 Å². The van der Waals surface area contributed by atoms with E-state index in [9.17, 15) is 4.79 Å². The van der Waals surface area contributed by atoms with Gasteiger partial charge in [-0.3, -0.25) is 0 Å². The molecule has 0 atom stereocenters. The molecule has 0 aliphatic heterocycles. The summed E-state index contributed by atoms with van der Waals surface area (Å²) in [5, 5.41) is 9.08. The van der Waals surface area contributed by atoms with Crippen LogP contribution in [0.25, 0.3) is 0 Å². The lowest BCUT2D eigenvalue weighted by atomic mass is 9.71. The zero-order valence-electron chi connectivity index (χ0n) is 17.7. The zero-order chi connectivity index (χ0) is 20.5. The maximum Gasteiger partial charge on any atom is 0.332 e. The molecule has 5 nitrogen and oxygen atoms in total. The van der Waals surface area contributed by atoms with Crippen molar-refractivity contribution >= 4 is 5.97 Å². The highest BCUT2D eigenvalue weighted by Crippen LogP contribution is 2.40. The molecule has 0 saturated heterocycles. The first-order valence-corrected chi connectivity index (χ1v) is 11.6. The predicted octanol–water partition coefficient (Wildman–Crippen LogP) is 5.15. The molecule has 0 aromatic carbocycles. The van der Waals surface area contributed by atoms with Crippen LogP contribution in [-0.2, 0) is 19.0 Å². The number of carbonyl (C=O) groups is 1. The van der Waals surface area contributed by atoms with Gasteiger partial charge in [0.1, 0.15) is 0 Å². The fraction of sp³-hybridized carbons (Fsp3) is 0.833. The number of esters is 1. The van der Waals surface area contributed by atoms with Crippen molar-refractivity contribution in [2.45, 2.75) is 89.3 Å². The molecule has 0 N–H and O–H groups in total. The average molecular weight is 404 g/mol. The summed E-state index contributed by atoms with van der Waals surface area (Å²) in [6, 6.07) is 2.45. The van der Waals surface area contributed by atoms with Crippen molar-refractivity contribution in [3.05, 3.63) is 12.7 Å². The van der Waals surface area contributed by atoms with Crippen LogP contribution in [0.3, 0.4) is 0 Å². The Bertz CT molecular complexity index is 548. The number of carbonyl (C=O) groups excluding carboxylic acids is 1. The van der Waals surface area contributed by atoms with Crippen LogP contribution in [0.5, 0.6) is 0 Å². The lowest BCUT2D eigenvalue weighted by molar-refractivity contribution is -0.157. The van der Waals surface area contributed by atoms with Gasteiger partial charge in [-0.15, -0.1) is 0 Å². The summed E-state index contributed by atoms with van der Waals surface area (Å²) in [6.45, 7) is 4.28. The summed E-state index contributed by atoms with van der Waals surface area (Å²) in [6.07, 6.45) is 15.8. The Kier molecular flexibility index (Phi) is 9.01. The predicted molar refractivity (Wildman–Crippen MR) is 111 cm³/mol. The van der Waals surface area contributed by atoms with Gasteiger partial charge in [0, 0.05) is 18.6 Å². The summed E-state index contributed by atoms with van der Waals surface area (Å²) in [4.78, 5) is 11.0. The topological polar surface area (TPSA) is 68.6 Å². The van der Waals surface area contributed by atoms with Gasteiger partial charge in [0.15, 0.2) is 6.79 Å². The van der Waals surface area contributed by atoms with Crippen molar-refractivity contribution < 1.29 is 19.0 Å². The molecule has 3 saturated carbocycles. The van der Waals surface area contributed by atoms with Gasteiger partial charge in [-0.2, -0.15) is 5.26 Å². The third-order valence-corrected chi connectivity index (χ3v) is 7.37. The Morgan fingerprint density at radius 2 is 1.41 bits per heavy atom. The van der Waals surface area contributed by atoms with Gasteiger partial charge < -0.3 is 14.2 Å². The van der Waals surface area contributed by atoms with Crippen molar-refractivity contribution in [1.29, 1.82) is 5.26 Å². The summed E-state index contributed by atoms with van der Waals surface area (Å²) in [7, 11) is 0. The van der Waals surface area contributed by atoms with Crippen LogP contribution in [0.15, 0.2) is 12.7 Å². The summed E-state index contributed by atoms with van der Waals surface area (Å²) >= 11 is 0. The van der Waals surface area contributed by atoms with E-state index >= 15 is 0 Å². The van der Waals surface area contributed by atoms with E-state index in [2.05, 4.69) is 12.6 Å². The highest BCUT2D eigenvalue weighted by Gasteiger charge is 2.31. The Morgan fingerprint density at radius 1 is 0.862 bits per heavy atom. The first-order chi connectivity index (χ1) is 14.2. The molecule has 0 unspecified atom stereocenters. The van der Waals surface area contributed by atoms with E-state index in [0.717, 1.165) is 63.0 Å². The van der Waals surface area contributed by atoms with E-state index < -0.39 is 5.97 Å². The van der Waals surface area contributed by atoms with Crippen LogP contribution in [0.4, 0.5) is 0 Å². The molecule has 162 valence electrons. The fourth-order valence-corrected chi connectivity index (χ4v) is 5.43. The van der Waals surface area contributed by atoms with Crippen molar-refractivity contribution in [2.24, 2.45) is 23.7 Å². The zero-order valence-corrected chi connectivity index (χ0v) is 17.7. The lowest BCUT2D eigenvalue weighted by Crippen LogP contribution is -2.30. The van der Waals surface area contributed by atoms with E-state index in [-0.39, 0.29) is 12.9 Å². The smallest absolute Gasteiger partial charge is 0.332 e. The Labute approximate surface area is 175 Å². The molecule has 3 rings (SSSR count). The molecular formula is C24H37NO4. The SMILES string of the molecule is C=CC(=O)OCOC1CCC(COC2CCC(C3CCC(C#N)CC3)CC2)CC1. The van der Waals surface area contributed by atoms with Gasteiger partial charge in [-0.25, -0.2) is 4.79 Å². The number of ether oxygens (including phenoxy) is 3. The Hall–Kier alpha value is -1.38. The highest BCUT2D eigenvalue weighted by atomic mass is 16.7. The minimum absolute atomic E-state index is 0.0259. The minimum Gasteiger partial charge on any atom is -0.435 e. The fourth-order valence-electron chi connectivity index (χ4n) is 5.43. The number of hydrogen-bond acceptors (Lipinski definition) is 5. The molecule has 0 spiro atoms. The second-order valence-corrected chi connectivity index (χ2v) is 9.21. The molecule has 0 aromatic rings. The Morgan fingerprint density at radius 3 is 2.00 bits per heavy atom. The second kappa shape index (κ2) is 11.7. The minimum atomic E-state index is -0.434. The standard InChI is InChI=1S/C24H37NO4/c1-2-24(26)29-17-28-23-11-5-19(6-12-23)16-27-22-13-9-21(10-14-22)20-7-3-18(15-25)4-8-20/h2,18-23H,1,3-14,16-17H2. The van der Waals surface area contributed by atoms with E-state index in [1.807, 2.05) is 0 Å². The molecule has 0 amide bonds. The van der Waals surface area contributed by atoms with Gasteiger partial charge in [0.25, 0.3) is 0 Å². The highest BCUT2D eigenvalue weighted by molar-refractivity contribution is 5.81. The molecule has 3 fully saturated rings. The van der Waals surface area contributed by atoms with Crippen LogP contribution < -0.4 is 0 Å². The van der Waals surface area contributed by atoms with E-state index in [1.165, 1.54) is 38.5 Å². The molecular weight excluding hydrogens is 366 g/mol. The van der Waals surface area contributed by atoms with Gasteiger partial charge in [0.2, 0.25) is 0 Å². The second-order valence-electron chi connectivity index (χ2n) is 9.21. The summed E-state index contributed by atoms with van der Waals surface area (Å²) in [5.74, 6) is 2.22. The van der Waals surface area contributed by atoms with Crippen LogP contribution in [0.2, 0.25) is 0 Å². The summed E-state index contributed by atoms with van der Waals surface area (Å²) < 4.78 is 16.8. The molecule has 0 bridgehead atoms. The number of rotatable bonds is 8. The van der Waals surface area contributed by atoms with E-state index in [4.69, 9.17) is 19.5 Å². The van der Waals surface area contributed by atoms with Crippen molar-refractivity contribution in [2.75, 3.05) is 13.4 Å². The average Bonchev–Trinajstić information content (AvgIpc) is 2.79. The maximum absolute atomic E-state index is 11.0. The molecule has 0 aromatic heterocycles. The first-order valence-electron chi connectivity index (χ1n) is 11.6. The number of nitrogens with zero attached hydrogens (tertiary/aromatic N) is 1. The number of nitriles is 1. The lowest BCUT2D eigenvalue weighted by Gasteiger charge is -2.37. The van der Waals surface area contributed by atoms with Gasteiger partial charge in [-0.1, -0.05) is 6.58 Å². The first kappa shape index (κ1) is 22.3. The van der Waals surface area contributed by atoms with Crippen molar-refractivity contribution in [1.82, 2.24) is 0 Å². The molecule has 0 heterocycles. The normalized spacial score (nSPS) is 35.4. The molecule has 5 heteroatoms. The van der Waals surface area contributed by atoms with Crippen molar-refractivity contribution in [3.63, 3.8) is 0 Å². The summed E-state index contributed by atoms with van der Waals surface area (Å²) in [5.41, 5.74) is 0. The van der Waals surface area contributed by atoms with Crippen LogP contribution >= 0.6 is 0 Å². The molecule has 29 heavy (non-hydrogen) atoms. The molecule has 3 aliphatic carbocycles. The molecule has 3 aliphatic rings. The Balaban J connectivity index is 1.24. The monoisotopic (exact) mass is 403 g/mol. The van der Waals surface area contributed by atoms with Crippen LogP contribution in [0.1, 0.15) is 77.0 Å². The maximum atomic E-state index is 11.0. The van der Waals surface area contributed by atoms with Crippen molar-refractivity contribution in [3.8, 4) is 6.07 Å². The van der Waals surface area contributed by atoms with Crippen LogP contribution in [0, 0.1) is 35.0 Å². The van der Waals surface area contributed by atoms with Gasteiger partial charge in [0.05, 0.1) is 18.3 Å². The largest absolute Gasteiger partial charge is 0.435 e. The quantitative estimate of drug-likeness (QED) is 0.318. The molecule has 0 radical (unpaired) electrons. The van der Waals surface area contributed by atoms with E-state index in [0.29, 0.717) is 17.9 Å². The third kappa shape index (κ3) is 7.12.